The average molecular weight is 333 g/mol. The van der Waals surface area contributed by atoms with Gasteiger partial charge >= 0.3 is 5.97 Å². The van der Waals surface area contributed by atoms with Crippen LogP contribution in [0.5, 0.6) is 0 Å². The first-order valence-electron chi connectivity index (χ1n) is 8.68. The summed E-state index contributed by atoms with van der Waals surface area (Å²) in [5.74, 6) is -1.46. The van der Waals surface area contributed by atoms with E-state index in [9.17, 15) is 14.0 Å². The Bertz CT molecular complexity index is 614. The van der Waals surface area contributed by atoms with Crippen LogP contribution in [0.4, 0.5) is 4.39 Å². The van der Waals surface area contributed by atoms with E-state index in [4.69, 9.17) is 4.74 Å². The maximum absolute atomic E-state index is 14.8. The number of hydrogen-bond acceptors (Lipinski definition) is 3. The molecule has 130 valence electrons. The van der Waals surface area contributed by atoms with Gasteiger partial charge < -0.3 is 9.64 Å². The molecule has 0 aromatic heterocycles. The summed E-state index contributed by atoms with van der Waals surface area (Å²) in [4.78, 5) is 26.5. The highest BCUT2D eigenvalue weighted by atomic mass is 19.1. The van der Waals surface area contributed by atoms with Crippen LogP contribution in [0.2, 0.25) is 0 Å². The maximum atomic E-state index is 14.8. The van der Waals surface area contributed by atoms with Gasteiger partial charge in [0.1, 0.15) is 0 Å². The Hall–Kier alpha value is -1.91. The molecule has 2 aliphatic rings. The number of esters is 1. The number of alkyl halides is 1. The van der Waals surface area contributed by atoms with Gasteiger partial charge in [-0.2, -0.15) is 0 Å². The average Bonchev–Trinajstić information content (AvgIpc) is 2.84. The summed E-state index contributed by atoms with van der Waals surface area (Å²) in [6, 6.07) is 9.38. The second-order valence-corrected chi connectivity index (χ2v) is 6.82. The van der Waals surface area contributed by atoms with E-state index in [1.54, 1.807) is 11.8 Å². The Morgan fingerprint density at radius 3 is 2.58 bits per heavy atom. The smallest absolute Gasteiger partial charge is 0.312 e. The fourth-order valence-corrected chi connectivity index (χ4v) is 4.00. The van der Waals surface area contributed by atoms with E-state index in [0.29, 0.717) is 12.8 Å². The summed E-state index contributed by atoms with van der Waals surface area (Å²) in [5.41, 5.74) is 0.147. The van der Waals surface area contributed by atoms with Gasteiger partial charge in [0.2, 0.25) is 0 Å². The molecule has 1 aromatic carbocycles. The number of likely N-dealkylation sites (tertiary alicyclic amines) is 1. The predicted molar refractivity (Wildman–Crippen MR) is 87.9 cm³/mol. The van der Waals surface area contributed by atoms with E-state index in [2.05, 4.69) is 0 Å². The Balaban J connectivity index is 1.82. The zero-order chi connectivity index (χ0) is 17.3. The second-order valence-electron chi connectivity index (χ2n) is 6.82. The van der Waals surface area contributed by atoms with Crippen molar-refractivity contribution in [2.75, 3.05) is 13.2 Å². The zero-order valence-corrected chi connectivity index (χ0v) is 14.2. The minimum absolute atomic E-state index is 0.207. The molecule has 0 N–H and O–H groups in total. The standard InChI is InChI=1S/C19H24FNO3/c1-3-24-18(23)19(10-7-11-19)15-12-21(17(22)16(15)20)13(2)14-8-5-4-6-9-14/h4-6,8-9,13,15-16H,3,7,10-12H2,1-2H3/t13-,15+,16-/m0/s1. The van der Waals surface area contributed by atoms with Crippen LogP contribution in [0.3, 0.4) is 0 Å². The van der Waals surface area contributed by atoms with Crippen LogP contribution in [0.25, 0.3) is 0 Å². The molecular weight excluding hydrogens is 309 g/mol. The van der Waals surface area contributed by atoms with Crippen LogP contribution < -0.4 is 0 Å². The lowest BCUT2D eigenvalue weighted by Gasteiger charge is -2.44. The van der Waals surface area contributed by atoms with Crippen molar-refractivity contribution in [1.82, 2.24) is 4.90 Å². The number of nitrogens with zero attached hydrogens (tertiary/aromatic N) is 1. The molecule has 3 rings (SSSR count). The number of benzene rings is 1. The third kappa shape index (κ3) is 2.60. The van der Waals surface area contributed by atoms with Crippen molar-refractivity contribution in [2.45, 2.75) is 45.3 Å². The first kappa shape index (κ1) is 16.9. The van der Waals surface area contributed by atoms with Gasteiger partial charge in [0, 0.05) is 12.5 Å². The van der Waals surface area contributed by atoms with Gasteiger partial charge in [-0.3, -0.25) is 9.59 Å². The lowest BCUT2D eigenvalue weighted by atomic mass is 9.60. The minimum Gasteiger partial charge on any atom is -0.466 e. The van der Waals surface area contributed by atoms with Crippen molar-refractivity contribution in [3.8, 4) is 0 Å². The third-order valence-electron chi connectivity index (χ3n) is 5.65. The molecule has 1 amide bonds. The summed E-state index contributed by atoms with van der Waals surface area (Å²) < 4.78 is 20.0. The summed E-state index contributed by atoms with van der Waals surface area (Å²) in [6.07, 6.45) is 0.473. The fourth-order valence-electron chi connectivity index (χ4n) is 4.00. The number of halogens is 1. The van der Waals surface area contributed by atoms with Crippen LogP contribution in [0.1, 0.15) is 44.7 Å². The molecule has 0 radical (unpaired) electrons. The lowest BCUT2D eigenvalue weighted by molar-refractivity contribution is -0.168. The van der Waals surface area contributed by atoms with Gasteiger partial charge in [-0.1, -0.05) is 36.8 Å². The Morgan fingerprint density at radius 2 is 2.04 bits per heavy atom. The van der Waals surface area contributed by atoms with Crippen molar-refractivity contribution < 1.29 is 18.7 Å². The number of carbonyl (C=O) groups is 2. The van der Waals surface area contributed by atoms with Gasteiger partial charge in [-0.25, -0.2) is 4.39 Å². The molecule has 0 bridgehead atoms. The Kier molecular flexibility index (Phi) is 4.61. The molecule has 0 unspecified atom stereocenters. The summed E-state index contributed by atoms with van der Waals surface area (Å²) in [5, 5.41) is 0. The quantitative estimate of drug-likeness (QED) is 0.777. The lowest BCUT2D eigenvalue weighted by Crippen LogP contribution is -2.49. The molecule has 0 spiro atoms. The number of ether oxygens (including phenoxy) is 1. The predicted octanol–water partition coefficient (Wildman–Crippen LogP) is 3.28. The van der Waals surface area contributed by atoms with E-state index >= 15 is 0 Å². The molecule has 4 nitrogen and oxygen atoms in total. The molecule has 3 atom stereocenters. The molecule has 1 heterocycles. The van der Waals surface area contributed by atoms with Crippen molar-refractivity contribution in [3.63, 3.8) is 0 Å². The normalized spacial score (nSPS) is 26.8. The number of amides is 1. The molecule has 1 saturated heterocycles. The molecule has 1 aromatic rings. The van der Waals surface area contributed by atoms with Crippen LogP contribution in [-0.2, 0) is 14.3 Å². The molecule has 5 heteroatoms. The van der Waals surface area contributed by atoms with Gasteiger partial charge in [-0.15, -0.1) is 0 Å². The van der Waals surface area contributed by atoms with Crippen molar-refractivity contribution >= 4 is 11.9 Å². The minimum atomic E-state index is -1.62. The Labute approximate surface area is 142 Å². The highest BCUT2D eigenvalue weighted by molar-refractivity contribution is 5.87. The summed E-state index contributed by atoms with van der Waals surface area (Å²) in [6.45, 7) is 4.21. The topological polar surface area (TPSA) is 46.6 Å². The van der Waals surface area contributed by atoms with Crippen LogP contribution in [0.15, 0.2) is 30.3 Å². The van der Waals surface area contributed by atoms with Crippen LogP contribution in [0, 0.1) is 11.3 Å². The van der Waals surface area contributed by atoms with Gasteiger partial charge in [0.25, 0.3) is 5.91 Å². The van der Waals surface area contributed by atoms with E-state index in [0.717, 1.165) is 12.0 Å². The molecule has 1 aliphatic heterocycles. The largest absolute Gasteiger partial charge is 0.466 e. The van der Waals surface area contributed by atoms with Crippen molar-refractivity contribution in [2.24, 2.45) is 11.3 Å². The Morgan fingerprint density at radius 1 is 1.38 bits per heavy atom. The van der Waals surface area contributed by atoms with Gasteiger partial charge in [0.05, 0.1) is 18.1 Å². The van der Waals surface area contributed by atoms with Crippen LogP contribution in [-0.4, -0.2) is 36.1 Å². The third-order valence-corrected chi connectivity index (χ3v) is 5.65. The van der Waals surface area contributed by atoms with Crippen molar-refractivity contribution in [3.05, 3.63) is 35.9 Å². The van der Waals surface area contributed by atoms with Crippen LogP contribution >= 0.6 is 0 Å². The van der Waals surface area contributed by atoms with Crippen molar-refractivity contribution in [1.29, 1.82) is 0 Å². The second kappa shape index (κ2) is 6.54. The fraction of sp³-hybridized carbons (Fsp3) is 0.579. The summed E-state index contributed by atoms with van der Waals surface area (Å²) >= 11 is 0. The highest BCUT2D eigenvalue weighted by Gasteiger charge is 2.60. The van der Waals surface area contributed by atoms with Gasteiger partial charge in [0.15, 0.2) is 6.17 Å². The number of hydrogen-bond donors (Lipinski definition) is 0. The number of rotatable bonds is 5. The number of carbonyl (C=O) groups excluding carboxylic acids is 2. The molecular formula is C19H24FNO3. The first-order valence-corrected chi connectivity index (χ1v) is 8.68. The van der Waals surface area contributed by atoms with E-state index in [-0.39, 0.29) is 25.2 Å². The molecule has 24 heavy (non-hydrogen) atoms. The van der Waals surface area contributed by atoms with E-state index in [1.165, 1.54) is 0 Å². The molecule has 1 aliphatic carbocycles. The highest BCUT2D eigenvalue weighted by Crippen LogP contribution is 2.53. The first-order chi connectivity index (χ1) is 11.5. The van der Waals surface area contributed by atoms with E-state index < -0.39 is 23.4 Å². The maximum Gasteiger partial charge on any atom is 0.312 e. The van der Waals surface area contributed by atoms with E-state index in [1.807, 2.05) is 37.3 Å². The SMILES string of the molecule is CCOC(=O)C1([C@@H]2CN([C@@H](C)c3ccccc3)C(=O)[C@H]2F)CCC1. The summed E-state index contributed by atoms with van der Waals surface area (Å²) in [7, 11) is 0. The monoisotopic (exact) mass is 333 g/mol. The van der Waals surface area contributed by atoms with Gasteiger partial charge in [-0.05, 0) is 32.3 Å². The molecule has 2 fully saturated rings. The molecule has 1 saturated carbocycles. The zero-order valence-electron chi connectivity index (χ0n) is 14.2.